The first-order valence-electron chi connectivity index (χ1n) is 7.48. The number of sulfonamides is 1. The van der Waals surface area contributed by atoms with Crippen molar-refractivity contribution < 1.29 is 17.9 Å². The molecule has 1 N–H and O–H groups in total. The summed E-state index contributed by atoms with van der Waals surface area (Å²) < 4.78 is 31.2. The Labute approximate surface area is 142 Å². The van der Waals surface area contributed by atoms with E-state index >= 15 is 0 Å². The highest BCUT2D eigenvalue weighted by molar-refractivity contribution is 7.92. The van der Waals surface area contributed by atoms with E-state index in [9.17, 15) is 13.2 Å². The summed E-state index contributed by atoms with van der Waals surface area (Å²) in [5.41, 5.74) is 0.315. The summed E-state index contributed by atoms with van der Waals surface area (Å²) in [5.74, 6) is 0.562. The van der Waals surface area contributed by atoms with E-state index in [1.54, 1.807) is 43.3 Å². The second kappa shape index (κ2) is 7.83. The van der Waals surface area contributed by atoms with Crippen molar-refractivity contribution in [2.75, 3.05) is 23.7 Å². The van der Waals surface area contributed by atoms with Gasteiger partial charge in [-0.05, 0) is 31.2 Å². The summed E-state index contributed by atoms with van der Waals surface area (Å²) in [5, 5.41) is 2.60. The number of hydrogen-bond donors (Lipinski definition) is 1. The molecule has 0 saturated carbocycles. The number of ether oxygens (including phenoxy) is 1. The predicted octanol–water partition coefficient (Wildman–Crippen LogP) is 2.38. The van der Waals surface area contributed by atoms with E-state index in [4.69, 9.17) is 4.74 Å². The lowest BCUT2D eigenvalue weighted by Gasteiger charge is -2.24. The van der Waals surface area contributed by atoms with Crippen molar-refractivity contribution in [1.82, 2.24) is 5.32 Å². The summed E-state index contributed by atoms with van der Waals surface area (Å²) in [6.45, 7) is 1.90. The van der Waals surface area contributed by atoms with Gasteiger partial charge >= 0.3 is 0 Å². The van der Waals surface area contributed by atoms with Gasteiger partial charge in [0.2, 0.25) is 15.9 Å². The van der Waals surface area contributed by atoms with Crippen LogP contribution in [0.5, 0.6) is 11.5 Å². The molecule has 0 atom stereocenters. The Morgan fingerprint density at radius 2 is 1.71 bits per heavy atom. The molecule has 0 aliphatic carbocycles. The number of carbonyl (C=O) groups is 1. The minimum atomic E-state index is -3.65. The van der Waals surface area contributed by atoms with Crippen LogP contribution in [0.2, 0.25) is 0 Å². The van der Waals surface area contributed by atoms with Gasteiger partial charge in [-0.15, -0.1) is 0 Å². The van der Waals surface area contributed by atoms with Gasteiger partial charge in [0, 0.05) is 6.54 Å². The summed E-state index contributed by atoms with van der Waals surface area (Å²) in [6, 6.07) is 15.8. The van der Waals surface area contributed by atoms with Gasteiger partial charge in [0.15, 0.2) is 5.75 Å². The van der Waals surface area contributed by atoms with Crippen molar-refractivity contribution in [2.24, 2.45) is 0 Å². The third kappa shape index (κ3) is 4.73. The molecule has 0 unspecified atom stereocenters. The molecule has 7 heteroatoms. The third-order valence-corrected chi connectivity index (χ3v) is 4.29. The molecule has 2 aromatic carbocycles. The first kappa shape index (κ1) is 17.8. The monoisotopic (exact) mass is 348 g/mol. The van der Waals surface area contributed by atoms with Crippen LogP contribution in [0, 0.1) is 0 Å². The van der Waals surface area contributed by atoms with Gasteiger partial charge in [0.1, 0.15) is 12.3 Å². The Morgan fingerprint density at radius 1 is 1.08 bits per heavy atom. The molecule has 0 aromatic heterocycles. The highest BCUT2D eigenvalue weighted by Crippen LogP contribution is 2.33. The molecule has 128 valence electrons. The number of anilines is 1. The van der Waals surface area contributed by atoms with Crippen LogP contribution in [0.3, 0.4) is 0 Å². The molecule has 0 aliphatic rings. The van der Waals surface area contributed by atoms with Crippen molar-refractivity contribution in [3.05, 3.63) is 54.6 Å². The lowest BCUT2D eigenvalue weighted by molar-refractivity contribution is -0.119. The zero-order chi connectivity index (χ0) is 17.6. The summed E-state index contributed by atoms with van der Waals surface area (Å²) in [4.78, 5) is 11.9. The molecular weight excluding hydrogens is 328 g/mol. The van der Waals surface area contributed by atoms with Gasteiger partial charge in [-0.3, -0.25) is 9.10 Å². The molecule has 24 heavy (non-hydrogen) atoms. The van der Waals surface area contributed by atoms with Crippen molar-refractivity contribution in [3.8, 4) is 11.5 Å². The average Bonchev–Trinajstić information content (AvgIpc) is 2.54. The van der Waals surface area contributed by atoms with E-state index in [-0.39, 0.29) is 12.5 Å². The zero-order valence-electron chi connectivity index (χ0n) is 13.6. The number of hydrogen-bond acceptors (Lipinski definition) is 4. The molecule has 6 nitrogen and oxygen atoms in total. The fourth-order valence-electron chi connectivity index (χ4n) is 2.13. The normalized spacial score (nSPS) is 10.9. The summed E-state index contributed by atoms with van der Waals surface area (Å²) in [7, 11) is -3.65. The van der Waals surface area contributed by atoms with Crippen molar-refractivity contribution in [3.63, 3.8) is 0 Å². The first-order chi connectivity index (χ1) is 11.4. The van der Waals surface area contributed by atoms with Crippen LogP contribution in [-0.2, 0) is 14.8 Å². The number of para-hydroxylation sites is 3. The first-order valence-corrected chi connectivity index (χ1v) is 9.33. The third-order valence-electron chi connectivity index (χ3n) is 3.17. The zero-order valence-corrected chi connectivity index (χ0v) is 14.4. The number of amides is 1. The van der Waals surface area contributed by atoms with E-state index in [0.717, 1.165) is 10.6 Å². The summed E-state index contributed by atoms with van der Waals surface area (Å²) in [6.07, 6.45) is 1.06. The molecule has 0 bridgehead atoms. The van der Waals surface area contributed by atoms with Crippen LogP contribution in [0.25, 0.3) is 0 Å². The predicted molar refractivity (Wildman–Crippen MR) is 93.8 cm³/mol. The second-order valence-electron chi connectivity index (χ2n) is 5.11. The molecule has 0 radical (unpaired) electrons. The van der Waals surface area contributed by atoms with Crippen LogP contribution in [0.15, 0.2) is 54.6 Å². The summed E-state index contributed by atoms with van der Waals surface area (Å²) >= 11 is 0. The molecule has 2 rings (SSSR count). The number of likely N-dealkylation sites (N-methyl/N-ethyl adjacent to an activating group) is 1. The Hall–Kier alpha value is -2.54. The van der Waals surface area contributed by atoms with Gasteiger partial charge in [0.25, 0.3) is 0 Å². The number of benzene rings is 2. The van der Waals surface area contributed by atoms with Crippen LogP contribution >= 0.6 is 0 Å². The van der Waals surface area contributed by atoms with Gasteiger partial charge in [0.05, 0.1) is 11.9 Å². The quantitative estimate of drug-likeness (QED) is 0.833. The lowest BCUT2D eigenvalue weighted by atomic mass is 10.3. The van der Waals surface area contributed by atoms with Crippen molar-refractivity contribution in [2.45, 2.75) is 6.92 Å². The largest absolute Gasteiger partial charge is 0.455 e. The highest BCUT2D eigenvalue weighted by Gasteiger charge is 2.23. The van der Waals surface area contributed by atoms with Crippen LogP contribution in [-0.4, -0.2) is 33.7 Å². The number of nitrogens with one attached hydrogen (secondary N) is 1. The average molecular weight is 348 g/mol. The van der Waals surface area contributed by atoms with Gasteiger partial charge in [-0.1, -0.05) is 30.3 Å². The van der Waals surface area contributed by atoms with Crippen molar-refractivity contribution >= 4 is 21.6 Å². The minimum Gasteiger partial charge on any atom is -0.455 e. The van der Waals surface area contributed by atoms with E-state index in [0.29, 0.717) is 23.7 Å². The molecule has 0 fully saturated rings. The number of nitrogens with zero attached hydrogens (tertiary/aromatic N) is 1. The van der Waals surface area contributed by atoms with Crippen LogP contribution < -0.4 is 14.4 Å². The molecular formula is C17H20N2O4S. The highest BCUT2D eigenvalue weighted by atomic mass is 32.2. The van der Waals surface area contributed by atoms with Crippen LogP contribution in [0.1, 0.15) is 6.92 Å². The SMILES string of the molecule is CCNC(=O)CN(c1ccccc1Oc1ccccc1)S(C)(=O)=O. The maximum atomic E-state index is 12.2. The standard InChI is InChI=1S/C17H20N2O4S/c1-3-18-17(20)13-19(24(2,21)22)15-11-7-8-12-16(15)23-14-9-5-4-6-10-14/h4-12H,3,13H2,1-2H3,(H,18,20). The molecule has 0 spiro atoms. The maximum absolute atomic E-state index is 12.2. The second-order valence-corrected chi connectivity index (χ2v) is 7.01. The Morgan fingerprint density at radius 3 is 2.33 bits per heavy atom. The maximum Gasteiger partial charge on any atom is 0.240 e. The van der Waals surface area contributed by atoms with Crippen LogP contribution in [0.4, 0.5) is 5.69 Å². The smallest absolute Gasteiger partial charge is 0.240 e. The van der Waals surface area contributed by atoms with E-state index in [1.165, 1.54) is 0 Å². The minimum absolute atomic E-state index is 0.304. The molecule has 0 aliphatic heterocycles. The Balaban J connectivity index is 2.38. The number of carbonyl (C=O) groups excluding carboxylic acids is 1. The van der Waals surface area contributed by atoms with Gasteiger partial charge in [-0.25, -0.2) is 8.42 Å². The van der Waals surface area contributed by atoms with E-state index in [1.807, 2.05) is 18.2 Å². The number of rotatable bonds is 7. The molecule has 0 saturated heterocycles. The fourth-order valence-corrected chi connectivity index (χ4v) is 2.99. The topological polar surface area (TPSA) is 75.7 Å². The molecule has 2 aromatic rings. The van der Waals surface area contributed by atoms with Crippen molar-refractivity contribution in [1.29, 1.82) is 0 Å². The molecule has 1 amide bonds. The van der Waals surface area contributed by atoms with Gasteiger partial charge < -0.3 is 10.1 Å². The van der Waals surface area contributed by atoms with E-state index in [2.05, 4.69) is 5.32 Å². The van der Waals surface area contributed by atoms with E-state index < -0.39 is 10.0 Å². The Bertz CT molecular complexity index is 791. The lowest BCUT2D eigenvalue weighted by Crippen LogP contribution is -2.40. The van der Waals surface area contributed by atoms with Gasteiger partial charge in [-0.2, -0.15) is 0 Å². The molecule has 0 heterocycles. The fraction of sp³-hybridized carbons (Fsp3) is 0.235. The Kier molecular flexibility index (Phi) is 5.81.